The quantitative estimate of drug-likeness (QED) is 0.801. The predicted molar refractivity (Wildman–Crippen MR) is 64.4 cm³/mol. The Labute approximate surface area is 94.9 Å². The Bertz CT molecular complexity index is 480. The molecule has 0 radical (unpaired) electrons. The molecule has 3 heteroatoms. The van der Waals surface area contributed by atoms with E-state index in [1.807, 2.05) is 6.20 Å². The minimum Gasteiger partial charge on any atom is -0.342 e. The predicted octanol–water partition coefficient (Wildman–Crippen LogP) is 2.07. The third kappa shape index (κ3) is 1.63. The first-order valence-electron chi connectivity index (χ1n) is 5.65. The molecule has 0 unspecified atom stereocenters. The number of aromatic nitrogens is 2. The Kier molecular flexibility index (Phi) is 2.26. The number of H-pyrrole nitrogens is 1. The van der Waals surface area contributed by atoms with Gasteiger partial charge in [-0.2, -0.15) is 0 Å². The summed E-state index contributed by atoms with van der Waals surface area (Å²) < 4.78 is 0. The van der Waals surface area contributed by atoms with Crippen molar-refractivity contribution in [2.24, 2.45) is 0 Å². The van der Waals surface area contributed by atoms with Crippen LogP contribution in [0.2, 0.25) is 0 Å². The molecule has 2 heterocycles. The van der Waals surface area contributed by atoms with Crippen molar-refractivity contribution in [3.63, 3.8) is 0 Å². The van der Waals surface area contributed by atoms with Gasteiger partial charge in [-0.3, -0.25) is 0 Å². The molecule has 1 aromatic carbocycles. The molecule has 0 bridgehead atoms. The van der Waals surface area contributed by atoms with E-state index in [1.54, 1.807) is 0 Å². The van der Waals surface area contributed by atoms with Crippen LogP contribution < -0.4 is 5.32 Å². The van der Waals surface area contributed by atoms with Gasteiger partial charge in [0.1, 0.15) is 5.82 Å². The van der Waals surface area contributed by atoms with Crippen LogP contribution in [0, 0.1) is 6.92 Å². The highest BCUT2D eigenvalue weighted by molar-refractivity contribution is 5.58. The highest BCUT2D eigenvalue weighted by Gasteiger charge is 2.21. The molecule has 2 N–H and O–H groups in total. The van der Waals surface area contributed by atoms with Gasteiger partial charge < -0.3 is 10.3 Å². The van der Waals surface area contributed by atoms with Gasteiger partial charge in [-0.25, -0.2) is 4.98 Å². The van der Waals surface area contributed by atoms with Gasteiger partial charge >= 0.3 is 0 Å². The number of aromatic amines is 1. The Morgan fingerprint density at radius 2 is 1.94 bits per heavy atom. The first kappa shape index (κ1) is 9.60. The van der Waals surface area contributed by atoms with Crippen molar-refractivity contribution < 1.29 is 0 Å². The molecule has 0 atom stereocenters. The summed E-state index contributed by atoms with van der Waals surface area (Å²) in [6.45, 7) is 4.18. The molecule has 1 aliphatic rings. The van der Waals surface area contributed by atoms with Gasteiger partial charge in [0.05, 0.1) is 11.9 Å². The molecule has 16 heavy (non-hydrogen) atoms. The summed E-state index contributed by atoms with van der Waals surface area (Å²) in [6, 6.07) is 8.51. The van der Waals surface area contributed by atoms with E-state index in [2.05, 4.69) is 46.5 Å². The highest BCUT2D eigenvalue weighted by atomic mass is 15.0. The van der Waals surface area contributed by atoms with E-state index in [1.165, 1.54) is 11.1 Å². The third-order valence-electron chi connectivity index (χ3n) is 3.13. The Morgan fingerprint density at radius 1 is 1.19 bits per heavy atom. The van der Waals surface area contributed by atoms with Crippen molar-refractivity contribution in [3.05, 3.63) is 41.9 Å². The summed E-state index contributed by atoms with van der Waals surface area (Å²) in [6.07, 6.45) is 1.93. The van der Waals surface area contributed by atoms with Crippen molar-refractivity contribution in [2.45, 2.75) is 12.8 Å². The van der Waals surface area contributed by atoms with E-state index in [0.29, 0.717) is 5.92 Å². The molecular formula is C13H15N3. The van der Waals surface area contributed by atoms with E-state index in [9.17, 15) is 0 Å². The lowest BCUT2D eigenvalue weighted by Crippen LogP contribution is -2.40. The summed E-state index contributed by atoms with van der Waals surface area (Å²) in [7, 11) is 0. The van der Waals surface area contributed by atoms with Crippen LogP contribution in [-0.2, 0) is 0 Å². The van der Waals surface area contributed by atoms with E-state index in [0.717, 1.165) is 24.6 Å². The first-order chi connectivity index (χ1) is 7.83. The fourth-order valence-corrected chi connectivity index (χ4v) is 1.91. The molecule has 0 spiro atoms. The smallest absolute Gasteiger partial charge is 0.112 e. The number of imidazole rings is 1. The topological polar surface area (TPSA) is 40.7 Å². The molecule has 1 aliphatic heterocycles. The van der Waals surface area contributed by atoms with Gasteiger partial charge in [0.2, 0.25) is 0 Å². The van der Waals surface area contributed by atoms with Crippen molar-refractivity contribution in [3.8, 4) is 11.3 Å². The van der Waals surface area contributed by atoms with Crippen molar-refractivity contribution in [1.82, 2.24) is 15.3 Å². The van der Waals surface area contributed by atoms with Crippen LogP contribution in [-0.4, -0.2) is 23.1 Å². The fourth-order valence-electron chi connectivity index (χ4n) is 1.91. The standard InChI is InChI=1S/C13H15N3/c1-9-2-4-10(5-3-9)12-8-15-13(16-12)11-6-14-7-11/h2-5,8,11,14H,6-7H2,1H3,(H,15,16). The summed E-state index contributed by atoms with van der Waals surface area (Å²) in [5, 5.41) is 3.26. The average Bonchev–Trinajstić information content (AvgIpc) is 2.65. The average molecular weight is 213 g/mol. The Hall–Kier alpha value is -1.61. The summed E-state index contributed by atoms with van der Waals surface area (Å²) in [5.41, 5.74) is 3.60. The molecule has 2 aromatic rings. The first-order valence-corrected chi connectivity index (χ1v) is 5.65. The van der Waals surface area contributed by atoms with Crippen LogP contribution >= 0.6 is 0 Å². The van der Waals surface area contributed by atoms with Crippen molar-refractivity contribution >= 4 is 0 Å². The molecule has 0 amide bonds. The summed E-state index contributed by atoms with van der Waals surface area (Å²) in [4.78, 5) is 7.84. The molecular weight excluding hydrogens is 198 g/mol. The van der Waals surface area contributed by atoms with Crippen molar-refractivity contribution in [2.75, 3.05) is 13.1 Å². The Morgan fingerprint density at radius 3 is 2.56 bits per heavy atom. The lowest BCUT2D eigenvalue weighted by Gasteiger charge is -2.24. The second-order valence-corrected chi connectivity index (χ2v) is 4.40. The molecule has 3 nitrogen and oxygen atoms in total. The molecule has 1 fully saturated rings. The second kappa shape index (κ2) is 3.76. The second-order valence-electron chi connectivity index (χ2n) is 4.40. The van der Waals surface area contributed by atoms with E-state index in [4.69, 9.17) is 0 Å². The van der Waals surface area contributed by atoms with E-state index >= 15 is 0 Å². The number of rotatable bonds is 2. The zero-order valence-electron chi connectivity index (χ0n) is 9.33. The zero-order valence-corrected chi connectivity index (χ0v) is 9.33. The molecule has 82 valence electrons. The fraction of sp³-hybridized carbons (Fsp3) is 0.308. The van der Waals surface area contributed by atoms with Crippen LogP contribution in [0.4, 0.5) is 0 Å². The van der Waals surface area contributed by atoms with Gasteiger partial charge in [0, 0.05) is 19.0 Å². The molecule has 0 saturated carbocycles. The largest absolute Gasteiger partial charge is 0.342 e. The maximum Gasteiger partial charge on any atom is 0.112 e. The maximum absolute atomic E-state index is 4.44. The van der Waals surface area contributed by atoms with E-state index < -0.39 is 0 Å². The van der Waals surface area contributed by atoms with Crippen LogP contribution in [0.1, 0.15) is 17.3 Å². The monoisotopic (exact) mass is 213 g/mol. The minimum atomic E-state index is 0.569. The van der Waals surface area contributed by atoms with Gasteiger partial charge in [-0.15, -0.1) is 0 Å². The summed E-state index contributed by atoms with van der Waals surface area (Å²) in [5.74, 6) is 1.67. The molecule has 0 aliphatic carbocycles. The van der Waals surface area contributed by atoms with E-state index in [-0.39, 0.29) is 0 Å². The normalized spacial score (nSPS) is 16.1. The zero-order chi connectivity index (χ0) is 11.0. The van der Waals surface area contributed by atoms with Crippen LogP contribution in [0.5, 0.6) is 0 Å². The minimum absolute atomic E-state index is 0.569. The Balaban J connectivity index is 1.88. The van der Waals surface area contributed by atoms with Crippen molar-refractivity contribution in [1.29, 1.82) is 0 Å². The lowest BCUT2D eigenvalue weighted by molar-refractivity contribution is 0.433. The van der Waals surface area contributed by atoms with Gasteiger partial charge in [-0.1, -0.05) is 29.8 Å². The summed E-state index contributed by atoms with van der Waals surface area (Å²) >= 11 is 0. The number of benzene rings is 1. The number of nitrogens with zero attached hydrogens (tertiary/aromatic N) is 1. The lowest BCUT2D eigenvalue weighted by atomic mass is 10.0. The maximum atomic E-state index is 4.44. The van der Waals surface area contributed by atoms with Gasteiger partial charge in [0.15, 0.2) is 0 Å². The van der Waals surface area contributed by atoms with Gasteiger partial charge in [0.25, 0.3) is 0 Å². The SMILES string of the molecule is Cc1ccc(-c2cnc(C3CNC3)[nH]2)cc1. The number of nitrogens with one attached hydrogen (secondary N) is 2. The third-order valence-corrected chi connectivity index (χ3v) is 3.13. The van der Waals surface area contributed by atoms with Crippen LogP contribution in [0.25, 0.3) is 11.3 Å². The number of hydrogen-bond acceptors (Lipinski definition) is 2. The molecule has 3 rings (SSSR count). The van der Waals surface area contributed by atoms with Crippen LogP contribution in [0.15, 0.2) is 30.5 Å². The molecule has 1 aromatic heterocycles. The molecule has 1 saturated heterocycles. The number of aryl methyl sites for hydroxylation is 1. The van der Waals surface area contributed by atoms with Gasteiger partial charge in [-0.05, 0) is 12.5 Å². The number of hydrogen-bond donors (Lipinski definition) is 2. The highest BCUT2D eigenvalue weighted by Crippen LogP contribution is 2.22. The van der Waals surface area contributed by atoms with Crippen LogP contribution in [0.3, 0.4) is 0 Å².